The molecule has 0 bridgehead atoms. The molecule has 0 aliphatic carbocycles. The summed E-state index contributed by atoms with van der Waals surface area (Å²) in [5.74, 6) is 0.591. The minimum absolute atomic E-state index is 0.0132. The Labute approximate surface area is 86.0 Å². The van der Waals surface area contributed by atoms with Gasteiger partial charge >= 0.3 is 0 Å². The lowest BCUT2D eigenvalue weighted by Crippen LogP contribution is -2.25. The van der Waals surface area contributed by atoms with Crippen LogP contribution in [0, 0.1) is 0 Å². The van der Waals surface area contributed by atoms with Gasteiger partial charge in [-0.2, -0.15) is 5.10 Å². The third-order valence-corrected chi connectivity index (χ3v) is 2.43. The molecule has 2 aliphatic heterocycles. The van der Waals surface area contributed by atoms with E-state index >= 15 is 0 Å². The zero-order valence-corrected chi connectivity index (χ0v) is 9.03. The van der Waals surface area contributed by atoms with E-state index in [9.17, 15) is 0 Å². The number of fused-ring (bicyclic) bond motifs is 1. The SMILES string of the molecule is BrC1=CC=NN2C(=N1)N=CC2Br. The second-order valence-electron chi connectivity index (χ2n) is 2.16. The summed E-state index contributed by atoms with van der Waals surface area (Å²) in [5.41, 5.74) is 0. The Morgan fingerprint density at radius 3 is 3.17 bits per heavy atom. The number of halogens is 2. The van der Waals surface area contributed by atoms with Crippen LogP contribution in [0.3, 0.4) is 0 Å². The van der Waals surface area contributed by atoms with E-state index < -0.39 is 0 Å². The number of guanidine groups is 1. The average molecular weight is 292 g/mol. The molecular weight excluding hydrogens is 288 g/mol. The van der Waals surface area contributed by atoms with Crippen LogP contribution in [0.25, 0.3) is 0 Å². The minimum Gasteiger partial charge on any atom is -0.221 e. The molecule has 0 fully saturated rings. The maximum absolute atomic E-state index is 4.16. The van der Waals surface area contributed by atoms with Gasteiger partial charge in [0, 0.05) is 6.21 Å². The summed E-state index contributed by atoms with van der Waals surface area (Å²) in [4.78, 5) is 8.24. The van der Waals surface area contributed by atoms with E-state index in [0.29, 0.717) is 5.96 Å². The van der Waals surface area contributed by atoms with Crippen LogP contribution in [0.5, 0.6) is 0 Å². The van der Waals surface area contributed by atoms with Gasteiger partial charge in [0.15, 0.2) is 0 Å². The van der Waals surface area contributed by atoms with Crippen molar-refractivity contribution >= 4 is 50.2 Å². The van der Waals surface area contributed by atoms with Gasteiger partial charge in [-0.1, -0.05) is 15.9 Å². The molecule has 0 aromatic rings. The van der Waals surface area contributed by atoms with E-state index in [2.05, 4.69) is 46.9 Å². The average Bonchev–Trinajstić information content (AvgIpc) is 2.31. The Morgan fingerprint density at radius 2 is 2.33 bits per heavy atom. The first-order valence-electron chi connectivity index (χ1n) is 3.23. The number of hydrazone groups is 1. The first kappa shape index (κ1) is 8.12. The van der Waals surface area contributed by atoms with Crippen molar-refractivity contribution in [2.45, 2.75) is 4.95 Å². The van der Waals surface area contributed by atoms with Crippen LogP contribution in [-0.2, 0) is 0 Å². The highest BCUT2D eigenvalue weighted by molar-refractivity contribution is 9.11. The molecule has 1 unspecified atom stereocenters. The van der Waals surface area contributed by atoms with Crippen molar-refractivity contribution < 1.29 is 0 Å². The summed E-state index contributed by atoms with van der Waals surface area (Å²) in [6, 6.07) is 0. The zero-order chi connectivity index (χ0) is 8.55. The van der Waals surface area contributed by atoms with Crippen molar-refractivity contribution in [2.24, 2.45) is 15.1 Å². The third-order valence-electron chi connectivity index (χ3n) is 1.36. The predicted octanol–water partition coefficient (Wildman–Crippen LogP) is 1.69. The summed E-state index contributed by atoms with van der Waals surface area (Å²) >= 11 is 6.64. The number of rotatable bonds is 0. The van der Waals surface area contributed by atoms with E-state index in [1.165, 1.54) is 0 Å². The zero-order valence-electron chi connectivity index (χ0n) is 5.85. The van der Waals surface area contributed by atoms with Crippen molar-refractivity contribution in [2.75, 3.05) is 0 Å². The van der Waals surface area contributed by atoms with Crippen molar-refractivity contribution in [3.63, 3.8) is 0 Å². The summed E-state index contributed by atoms with van der Waals surface area (Å²) in [6.07, 6.45) is 5.17. The first-order chi connectivity index (χ1) is 5.77. The Kier molecular flexibility index (Phi) is 2.10. The molecular formula is C6H4Br2N4. The fourth-order valence-corrected chi connectivity index (χ4v) is 1.54. The van der Waals surface area contributed by atoms with Crippen LogP contribution in [0.2, 0.25) is 0 Å². The van der Waals surface area contributed by atoms with Gasteiger partial charge in [-0.3, -0.25) is 0 Å². The Hall–Kier alpha value is -0.490. The van der Waals surface area contributed by atoms with Gasteiger partial charge in [-0.25, -0.2) is 15.0 Å². The molecule has 0 saturated carbocycles. The third kappa shape index (κ3) is 1.36. The van der Waals surface area contributed by atoms with E-state index in [4.69, 9.17) is 0 Å². The largest absolute Gasteiger partial charge is 0.248 e. The number of hydrogen-bond donors (Lipinski definition) is 0. The van der Waals surface area contributed by atoms with E-state index in [1.807, 2.05) is 0 Å². The molecule has 12 heavy (non-hydrogen) atoms. The van der Waals surface area contributed by atoms with E-state index in [1.54, 1.807) is 23.5 Å². The molecule has 0 amide bonds. The van der Waals surface area contributed by atoms with Crippen molar-refractivity contribution in [1.29, 1.82) is 0 Å². The van der Waals surface area contributed by atoms with E-state index in [0.717, 1.165) is 4.61 Å². The Balaban J connectivity index is 2.39. The highest BCUT2D eigenvalue weighted by Gasteiger charge is 2.23. The summed E-state index contributed by atoms with van der Waals surface area (Å²) in [7, 11) is 0. The molecule has 0 N–H and O–H groups in total. The van der Waals surface area contributed by atoms with Gasteiger partial charge in [0.1, 0.15) is 9.56 Å². The summed E-state index contributed by atoms with van der Waals surface area (Å²) < 4.78 is 0.725. The number of aliphatic imine (C=N–C) groups is 2. The molecule has 1 atom stereocenters. The van der Waals surface area contributed by atoms with Gasteiger partial charge in [-0.05, 0) is 22.0 Å². The van der Waals surface area contributed by atoms with Crippen molar-refractivity contribution in [1.82, 2.24) is 5.01 Å². The van der Waals surface area contributed by atoms with Gasteiger partial charge in [0.25, 0.3) is 0 Å². The normalized spacial score (nSPS) is 26.5. The lowest BCUT2D eigenvalue weighted by Gasteiger charge is -2.12. The standard InChI is InChI=1S/C6H4Br2N4/c7-4-1-2-10-12-5(8)3-9-6(12)11-4/h1-3,5H. The molecule has 0 spiro atoms. The van der Waals surface area contributed by atoms with Crippen LogP contribution in [0.4, 0.5) is 0 Å². The molecule has 2 aliphatic rings. The maximum Gasteiger partial charge on any atom is 0.248 e. The van der Waals surface area contributed by atoms with Crippen LogP contribution in [0.15, 0.2) is 25.8 Å². The topological polar surface area (TPSA) is 40.3 Å². The molecule has 0 aromatic carbocycles. The number of nitrogens with zero attached hydrogens (tertiary/aromatic N) is 4. The lowest BCUT2D eigenvalue weighted by molar-refractivity contribution is 0.503. The van der Waals surface area contributed by atoms with Crippen LogP contribution in [-0.4, -0.2) is 28.3 Å². The Morgan fingerprint density at radius 1 is 1.50 bits per heavy atom. The Bertz CT molecular complexity index is 318. The molecule has 0 saturated heterocycles. The molecule has 0 aromatic heterocycles. The van der Waals surface area contributed by atoms with Gasteiger partial charge in [-0.15, -0.1) is 0 Å². The quantitative estimate of drug-likeness (QED) is 0.494. The monoisotopic (exact) mass is 290 g/mol. The molecule has 6 heteroatoms. The number of allylic oxidation sites excluding steroid dienone is 1. The lowest BCUT2D eigenvalue weighted by atomic mass is 10.7. The van der Waals surface area contributed by atoms with E-state index in [-0.39, 0.29) is 4.95 Å². The highest BCUT2D eigenvalue weighted by Crippen LogP contribution is 2.19. The van der Waals surface area contributed by atoms with Crippen LogP contribution in [0.1, 0.15) is 0 Å². The number of alkyl halides is 1. The minimum atomic E-state index is 0.0132. The summed E-state index contributed by atoms with van der Waals surface area (Å²) in [6.45, 7) is 0. The molecule has 2 rings (SSSR count). The van der Waals surface area contributed by atoms with Gasteiger partial charge in [0.2, 0.25) is 5.96 Å². The van der Waals surface area contributed by atoms with Crippen molar-refractivity contribution in [3.05, 3.63) is 10.7 Å². The predicted molar refractivity (Wildman–Crippen MR) is 56.0 cm³/mol. The molecule has 4 nitrogen and oxygen atoms in total. The second kappa shape index (κ2) is 3.10. The van der Waals surface area contributed by atoms with Gasteiger partial charge < -0.3 is 0 Å². The molecule has 62 valence electrons. The highest BCUT2D eigenvalue weighted by atomic mass is 79.9. The van der Waals surface area contributed by atoms with Crippen LogP contribution >= 0.6 is 31.9 Å². The maximum atomic E-state index is 4.16. The molecule has 2 heterocycles. The first-order valence-corrected chi connectivity index (χ1v) is 4.94. The summed E-state index contributed by atoms with van der Waals surface area (Å²) in [5, 5.41) is 5.80. The fourth-order valence-electron chi connectivity index (χ4n) is 0.856. The smallest absolute Gasteiger partial charge is 0.221 e. The van der Waals surface area contributed by atoms with Crippen molar-refractivity contribution in [3.8, 4) is 0 Å². The number of hydrogen-bond acceptors (Lipinski definition) is 4. The second-order valence-corrected chi connectivity index (χ2v) is 3.91. The van der Waals surface area contributed by atoms with Crippen LogP contribution < -0.4 is 0 Å². The van der Waals surface area contributed by atoms with Gasteiger partial charge in [0.05, 0.1) is 6.21 Å². The fraction of sp³-hybridized carbons (Fsp3) is 0.167. The molecule has 0 radical (unpaired) electrons.